The number of carbonyl (C=O) groups is 2. The molecule has 6 nitrogen and oxygen atoms in total. The second-order valence-corrected chi connectivity index (χ2v) is 6.07. The Bertz CT molecular complexity index is 854. The van der Waals surface area contributed by atoms with E-state index in [1.165, 1.54) is 19.1 Å². The molecule has 3 amide bonds. The number of hydrogen-bond donors (Lipinski definition) is 3. The van der Waals surface area contributed by atoms with Gasteiger partial charge in [0.1, 0.15) is 5.75 Å². The minimum Gasteiger partial charge on any atom is -0.484 e. The van der Waals surface area contributed by atoms with Gasteiger partial charge in [0.05, 0.1) is 0 Å². The molecule has 0 spiro atoms. The molecular weight excluding hydrogens is 375 g/mol. The minimum absolute atomic E-state index is 0.0656. The van der Waals surface area contributed by atoms with E-state index in [2.05, 4.69) is 20.7 Å². The molecule has 3 N–H and O–H groups in total. The van der Waals surface area contributed by atoms with Crippen molar-refractivity contribution in [1.82, 2.24) is 5.32 Å². The predicted octanol–water partition coefficient (Wildman–Crippen LogP) is 4.22. The molecule has 2 rings (SSSR count). The summed E-state index contributed by atoms with van der Waals surface area (Å²) in [5.41, 5.74) is 2.44. The SMILES string of the molecule is CC(=O)Nc1ccc(C)c(NC(=O)NCc2cccc(OCC(F)(F)F)c2)c1. The average molecular weight is 395 g/mol. The van der Waals surface area contributed by atoms with Gasteiger partial charge in [0.15, 0.2) is 6.61 Å². The van der Waals surface area contributed by atoms with E-state index in [9.17, 15) is 22.8 Å². The predicted molar refractivity (Wildman–Crippen MR) is 99.3 cm³/mol. The maximum Gasteiger partial charge on any atom is 0.422 e. The van der Waals surface area contributed by atoms with Gasteiger partial charge in [-0.25, -0.2) is 4.79 Å². The van der Waals surface area contributed by atoms with Crippen molar-refractivity contribution in [3.63, 3.8) is 0 Å². The standard InChI is InChI=1S/C19H20F3N3O3/c1-12-6-7-15(24-13(2)26)9-17(12)25-18(27)23-10-14-4-3-5-16(8-14)28-11-19(20,21)22/h3-9H,10-11H2,1-2H3,(H,24,26)(H2,23,25,27). The fourth-order valence-corrected chi connectivity index (χ4v) is 2.30. The van der Waals surface area contributed by atoms with Crippen molar-refractivity contribution >= 4 is 23.3 Å². The number of hydrogen-bond acceptors (Lipinski definition) is 3. The van der Waals surface area contributed by atoms with Crippen molar-refractivity contribution in [1.29, 1.82) is 0 Å². The number of carbonyl (C=O) groups excluding carboxylic acids is 2. The van der Waals surface area contributed by atoms with Crippen LogP contribution in [0.5, 0.6) is 5.75 Å². The van der Waals surface area contributed by atoms with Gasteiger partial charge in [-0.15, -0.1) is 0 Å². The molecule has 28 heavy (non-hydrogen) atoms. The van der Waals surface area contributed by atoms with Crippen molar-refractivity contribution in [3.8, 4) is 5.75 Å². The molecule has 0 aliphatic rings. The second-order valence-electron chi connectivity index (χ2n) is 6.07. The maximum absolute atomic E-state index is 12.2. The van der Waals surface area contributed by atoms with E-state index < -0.39 is 18.8 Å². The van der Waals surface area contributed by atoms with Gasteiger partial charge < -0.3 is 20.7 Å². The van der Waals surface area contributed by atoms with E-state index in [0.717, 1.165) is 5.56 Å². The van der Waals surface area contributed by atoms with E-state index in [0.29, 0.717) is 16.9 Å². The van der Waals surface area contributed by atoms with Crippen LogP contribution in [0.3, 0.4) is 0 Å². The molecule has 2 aromatic rings. The number of aryl methyl sites for hydroxylation is 1. The zero-order valence-corrected chi connectivity index (χ0v) is 15.3. The number of anilines is 2. The highest BCUT2D eigenvalue weighted by Crippen LogP contribution is 2.21. The Morgan fingerprint density at radius 2 is 1.82 bits per heavy atom. The average Bonchev–Trinajstić information content (AvgIpc) is 2.60. The van der Waals surface area contributed by atoms with Crippen LogP contribution >= 0.6 is 0 Å². The highest BCUT2D eigenvalue weighted by atomic mass is 19.4. The van der Waals surface area contributed by atoms with Crippen molar-refractivity contribution in [2.45, 2.75) is 26.6 Å². The molecule has 0 unspecified atom stereocenters. The smallest absolute Gasteiger partial charge is 0.422 e. The van der Waals surface area contributed by atoms with Crippen molar-refractivity contribution in [2.75, 3.05) is 17.2 Å². The summed E-state index contributed by atoms with van der Waals surface area (Å²) >= 11 is 0. The van der Waals surface area contributed by atoms with Crippen LogP contribution in [0, 0.1) is 6.92 Å². The lowest BCUT2D eigenvalue weighted by atomic mass is 10.2. The molecule has 0 radical (unpaired) electrons. The third-order valence-electron chi connectivity index (χ3n) is 3.56. The lowest BCUT2D eigenvalue weighted by molar-refractivity contribution is -0.153. The largest absolute Gasteiger partial charge is 0.484 e. The summed E-state index contributed by atoms with van der Waals surface area (Å²) < 4.78 is 41.3. The Kier molecular flexibility index (Phi) is 6.86. The number of rotatable bonds is 6. The zero-order valence-electron chi connectivity index (χ0n) is 15.3. The Morgan fingerprint density at radius 3 is 2.50 bits per heavy atom. The van der Waals surface area contributed by atoms with E-state index in [1.807, 2.05) is 0 Å². The summed E-state index contributed by atoms with van der Waals surface area (Å²) in [7, 11) is 0. The van der Waals surface area contributed by atoms with Gasteiger partial charge in [0.25, 0.3) is 0 Å². The highest BCUT2D eigenvalue weighted by molar-refractivity contribution is 5.93. The molecule has 0 atom stereocenters. The van der Waals surface area contributed by atoms with E-state index in [-0.39, 0.29) is 18.2 Å². The van der Waals surface area contributed by atoms with Gasteiger partial charge in [-0.3, -0.25) is 4.79 Å². The molecule has 0 aliphatic carbocycles. The normalized spacial score (nSPS) is 10.9. The van der Waals surface area contributed by atoms with Crippen LogP contribution in [0.4, 0.5) is 29.3 Å². The van der Waals surface area contributed by atoms with Gasteiger partial charge in [-0.05, 0) is 42.3 Å². The van der Waals surface area contributed by atoms with Crippen LogP contribution in [0.25, 0.3) is 0 Å². The summed E-state index contributed by atoms with van der Waals surface area (Å²) in [6, 6.07) is 10.6. The lowest BCUT2D eigenvalue weighted by Crippen LogP contribution is -2.28. The number of halogens is 3. The number of amides is 3. The minimum atomic E-state index is -4.42. The molecule has 0 fully saturated rings. The van der Waals surface area contributed by atoms with Crippen LogP contribution in [-0.2, 0) is 11.3 Å². The molecule has 150 valence electrons. The number of benzene rings is 2. The van der Waals surface area contributed by atoms with E-state index in [1.54, 1.807) is 37.3 Å². The Balaban J connectivity index is 1.93. The molecule has 0 heterocycles. The zero-order chi connectivity index (χ0) is 20.7. The third kappa shape index (κ3) is 7.18. The molecule has 0 bridgehead atoms. The Labute approximate surface area is 160 Å². The quantitative estimate of drug-likeness (QED) is 0.685. The van der Waals surface area contributed by atoms with Crippen LogP contribution in [0.1, 0.15) is 18.1 Å². The number of nitrogens with one attached hydrogen (secondary N) is 3. The first-order valence-corrected chi connectivity index (χ1v) is 8.34. The van der Waals surface area contributed by atoms with Gasteiger partial charge >= 0.3 is 12.2 Å². The van der Waals surface area contributed by atoms with Crippen LogP contribution < -0.4 is 20.7 Å². The molecule has 9 heteroatoms. The van der Waals surface area contributed by atoms with Gasteiger partial charge in [-0.2, -0.15) is 13.2 Å². The second kappa shape index (κ2) is 9.12. The molecule has 0 saturated heterocycles. The van der Waals surface area contributed by atoms with Crippen molar-refractivity contribution < 1.29 is 27.5 Å². The Hall–Kier alpha value is -3.23. The first-order chi connectivity index (χ1) is 13.1. The maximum atomic E-state index is 12.2. The number of urea groups is 1. The number of alkyl halides is 3. The first-order valence-electron chi connectivity index (χ1n) is 8.34. The first kappa shape index (κ1) is 21.1. The lowest BCUT2D eigenvalue weighted by Gasteiger charge is -2.13. The Morgan fingerprint density at radius 1 is 1.07 bits per heavy atom. The number of ether oxygens (including phenoxy) is 1. The molecule has 0 aromatic heterocycles. The fraction of sp³-hybridized carbons (Fsp3) is 0.263. The van der Waals surface area contributed by atoms with Crippen LogP contribution in [0.2, 0.25) is 0 Å². The van der Waals surface area contributed by atoms with E-state index in [4.69, 9.17) is 0 Å². The molecule has 2 aromatic carbocycles. The fourth-order valence-electron chi connectivity index (χ4n) is 2.30. The van der Waals surface area contributed by atoms with Gasteiger partial charge in [-0.1, -0.05) is 18.2 Å². The van der Waals surface area contributed by atoms with E-state index >= 15 is 0 Å². The summed E-state index contributed by atoms with van der Waals surface area (Å²) in [5.74, 6) is -0.164. The van der Waals surface area contributed by atoms with Crippen LogP contribution in [-0.4, -0.2) is 24.7 Å². The summed E-state index contributed by atoms with van der Waals surface area (Å²) in [4.78, 5) is 23.3. The summed E-state index contributed by atoms with van der Waals surface area (Å²) in [5, 5.41) is 7.92. The summed E-state index contributed by atoms with van der Waals surface area (Å²) in [6.07, 6.45) is -4.42. The van der Waals surface area contributed by atoms with Crippen molar-refractivity contribution in [2.24, 2.45) is 0 Å². The van der Waals surface area contributed by atoms with Crippen LogP contribution in [0.15, 0.2) is 42.5 Å². The van der Waals surface area contributed by atoms with Crippen molar-refractivity contribution in [3.05, 3.63) is 53.6 Å². The molecular formula is C19H20F3N3O3. The van der Waals surface area contributed by atoms with Gasteiger partial charge in [0.2, 0.25) is 5.91 Å². The highest BCUT2D eigenvalue weighted by Gasteiger charge is 2.28. The topological polar surface area (TPSA) is 79.5 Å². The third-order valence-corrected chi connectivity index (χ3v) is 3.56. The molecule has 0 saturated carbocycles. The summed E-state index contributed by atoms with van der Waals surface area (Å²) in [6.45, 7) is 1.90. The molecule has 0 aliphatic heterocycles. The van der Waals surface area contributed by atoms with Gasteiger partial charge in [0, 0.05) is 24.8 Å². The monoisotopic (exact) mass is 395 g/mol.